The summed E-state index contributed by atoms with van der Waals surface area (Å²) in [5.74, 6) is -0.721. The third kappa shape index (κ3) is 6.69. The van der Waals surface area contributed by atoms with Gasteiger partial charge < -0.3 is 15.3 Å². The van der Waals surface area contributed by atoms with Gasteiger partial charge in [-0.3, -0.25) is 9.59 Å². The zero-order chi connectivity index (χ0) is 24.9. The van der Waals surface area contributed by atoms with Gasteiger partial charge >= 0.3 is 5.97 Å². The van der Waals surface area contributed by atoms with E-state index in [1.807, 2.05) is 0 Å². The first-order valence-corrected chi connectivity index (χ1v) is 15.0. The Morgan fingerprint density at radius 2 is 1.88 bits per heavy atom. The molecule has 2 aromatic carbocycles. The number of sulfonamides is 1. The average molecular weight is 542 g/mol. The Labute approximate surface area is 209 Å². The lowest BCUT2D eigenvalue weighted by atomic mass is 10.1. The summed E-state index contributed by atoms with van der Waals surface area (Å²) in [5.41, 5.74) is 0.844. The second-order valence-electron chi connectivity index (χ2n) is 7.45. The van der Waals surface area contributed by atoms with Gasteiger partial charge in [0, 0.05) is 28.0 Å². The molecule has 3 rings (SSSR count). The number of hydrogen-bond acceptors (Lipinski definition) is 8. The fourth-order valence-corrected chi connectivity index (χ4v) is 7.30. The lowest BCUT2D eigenvalue weighted by molar-refractivity contribution is -0.148. The van der Waals surface area contributed by atoms with Gasteiger partial charge in [0.15, 0.2) is 0 Å². The highest BCUT2D eigenvalue weighted by Gasteiger charge is 2.36. The molecule has 1 aliphatic rings. The molecule has 0 bridgehead atoms. The number of carbonyl (C=O) groups is 3. The van der Waals surface area contributed by atoms with Crippen molar-refractivity contribution in [3.63, 3.8) is 0 Å². The molecule has 182 valence electrons. The molecule has 2 amide bonds. The van der Waals surface area contributed by atoms with E-state index in [4.69, 9.17) is 5.14 Å². The first-order chi connectivity index (χ1) is 16.1. The summed E-state index contributed by atoms with van der Waals surface area (Å²) in [4.78, 5) is 38.9. The Hall–Kier alpha value is -2.19. The quantitative estimate of drug-likeness (QED) is 0.408. The number of anilines is 1. The molecule has 0 aliphatic carbocycles. The topological polar surface area (TPSA) is 147 Å². The second kappa shape index (κ2) is 11.5. The van der Waals surface area contributed by atoms with E-state index in [0.717, 1.165) is 0 Å². The Kier molecular flexibility index (Phi) is 8.93. The maximum Gasteiger partial charge on any atom is 0.327 e. The molecular weight excluding hydrogens is 519 g/mol. The second-order valence-corrected chi connectivity index (χ2v) is 12.4. The molecule has 13 heteroatoms. The van der Waals surface area contributed by atoms with E-state index in [-0.39, 0.29) is 22.6 Å². The van der Waals surface area contributed by atoms with Crippen molar-refractivity contribution in [1.82, 2.24) is 4.90 Å². The number of amides is 2. The minimum Gasteiger partial charge on any atom is -0.480 e. The van der Waals surface area contributed by atoms with Crippen LogP contribution in [0.25, 0.3) is 0 Å². The van der Waals surface area contributed by atoms with Gasteiger partial charge in [-0.05, 0) is 36.4 Å². The van der Waals surface area contributed by atoms with Gasteiger partial charge in [-0.1, -0.05) is 40.6 Å². The van der Waals surface area contributed by atoms with Crippen LogP contribution in [-0.2, 0) is 19.6 Å². The van der Waals surface area contributed by atoms with Gasteiger partial charge in [0.2, 0.25) is 15.9 Å². The Bertz CT molecular complexity index is 1170. The van der Waals surface area contributed by atoms with Gasteiger partial charge in [0.05, 0.1) is 16.3 Å². The predicted octanol–water partition coefficient (Wildman–Crippen LogP) is 2.95. The van der Waals surface area contributed by atoms with E-state index >= 15 is 0 Å². The lowest BCUT2D eigenvalue weighted by Gasteiger charge is -2.23. The summed E-state index contributed by atoms with van der Waals surface area (Å²) in [6.07, 6.45) is 0. The molecule has 0 spiro atoms. The number of primary sulfonamides is 1. The van der Waals surface area contributed by atoms with Crippen LogP contribution in [-0.4, -0.2) is 59.6 Å². The number of benzene rings is 2. The summed E-state index contributed by atoms with van der Waals surface area (Å²) in [7, 11) is -1.06. The van der Waals surface area contributed by atoms with Crippen molar-refractivity contribution in [3.8, 4) is 0 Å². The number of rotatable bonds is 9. The van der Waals surface area contributed by atoms with Gasteiger partial charge in [0.25, 0.3) is 5.91 Å². The number of nitrogens with two attached hydrogens (primary N) is 1. The van der Waals surface area contributed by atoms with Crippen LogP contribution in [0, 0.1) is 5.92 Å². The third-order valence-electron chi connectivity index (χ3n) is 4.91. The SMILES string of the molecule is C[C@H](CSSc1ccccc1C(=O)Nc1ccc(S(N)(=O)=O)cc1)C(=O)N1CSCC1C(=O)O. The van der Waals surface area contributed by atoms with E-state index in [9.17, 15) is 27.9 Å². The number of carboxylic acid groups (broad SMARTS) is 1. The normalized spacial score (nSPS) is 16.8. The summed E-state index contributed by atoms with van der Waals surface area (Å²) in [6.45, 7) is 1.77. The Morgan fingerprint density at radius 1 is 1.21 bits per heavy atom. The molecule has 0 aromatic heterocycles. The highest BCUT2D eigenvalue weighted by molar-refractivity contribution is 8.76. The standard InChI is InChI=1S/C21H23N3O6S4/c1-13(20(26)24-12-31-11-17(24)21(27)28)10-32-33-18-5-3-2-4-16(18)19(25)23-14-6-8-15(9-7-14)34(22,29)30/h2-9,13,17H,10-12H2,1H3,(H,23,25)(H,27,28)(H2,22,29,30)/t13-,17?/m1/s1. The fourth-order valence-electron chi connectivity index (χ4n) is 3.07. The summed E-state index contributed by atoms with van der Waals surface area (Å²) >= 11 is 1.42. The third-order valence-corrected chi connectivity index (χ3v) is 9.44. The molecule has 4 N–H and O–H groups in total. The van der Waals surface area contributed by atoms with Gasteiger partial charge in [-0.15, -0.1) is 11.8 Å². The molecule has 1 saturated heterocycles. The monoisotopic (exact) mass is 541 g/mol. The van der Waals surface area contributed by atoms with Crippen LogP contribution in [0.4, 0.5) is 5.69 Å². The molecular formula is C21H23N3O6S4. The highest BCUT2D eigenvalue weighted by atomic mass is 33.1. The van der Waals surface area contributed by atoms with E-state index in [2.05, 4.69) is 5.32 Å². The van der Waals surface area contributed by atoms with Crippen molar-refractivity contribution in [1.29, 1.82) is 0 Å². The Morgan fingerprint density at radius 3 is 2.53 bits per heavy atom. The van der Waals surface area contributed by atoms with Crippen molar-refractivity contribution in [2.45, 2.75) is 22.8 Å². The maximum atomic E-state index is 12.8. The van der Waals surface area contributed by atoms with Gasteiger partial charge in [0.1, 0.15) is 6.04 Å². The summed E-state index contributed by atoms with van der Waals surface area (Å²) < 4.78 is 22.8. The molecule has 2 aromatic rings. The minimum absolute atomic E-state index is 0.0521. The number of nitrogens with one attached hydrogen (secondary N) is 1. The van der Waals surface area contributed by atoms with Crippen LogP contribution in [0.1, 0.15) is 17.3 Å². The molecule has 0 saturated carbocycles. The van der Waals surface area contributed by atoms with Crippen LogP contribution < -0.4 is 10.5 Å². The first kappa shape index (κ1) is 26.4. The van der Waals surface area contributed by atoms with Crippen LogP contribution in [0.15, 0.2) is 58.3 Å². The van der Waals surface area contributed by atoms with E-state index in [1.54, 1.807) is 31.2 Å². The molecule has 1 unspecified atom stereocenters. The number of carboxylic acids is 1. The Balaban J connectivity index is 1.59. The number of carbonyl (C=O) groups excluding carboxylic acids is 2. The van der Waals surface area contributed by atoms with Crippen LogP contribution >= 0.6 is 33.3 Å². The number of hydrogen-bond donors (Lipinski definition) is 3. The molecule has 1 fully saturated rings. The number of thioether (sulfide) groups is 1. The van der Waals surface area contributed by atoms with Crippen LogP contribution in [0.5, 0.6) is 0 Å². The zero-order valence-corrected chi connectivity index (χ0v) is 21.3. The number of nitrogens with zero attached hydrogens (tertiary/aromatic N) is 1. The lowest BCUT2D eigenvalue weighted by Crippen LogP contribution is -2.44. The predicted molar refractivity (Wildman–Crippen MR) is 135 cm³/mol. The van der Waals surface area contributed by atoms with Gasteiger partial charge in [-0.2, -0.15) is 0 Å². The fraction of sp³-hybridized carbons (Fsp3) is 0.286. The van der Waals surface area contributed by atoms with E-state index < -0.39 is 22.0 Å². The average Bonchev–Trinajstić information content (AvgIpc) is 3.29. The molecule has 2 atom stereocenters. The smallest absolute Gasteiger partial charge is 0.327 e. The highest BCUT2D eigenvalue weighted by Crippen LogP contribution is 2.36. The van der Waals surface area contributed by atoms with Crippen molar-refractivity contribution < 1.29 is 27.9 Å². The van der Waals surface area contributed by atoms with Crippen molar-refractivity contribution in [2.75, 3.05) is 22.7 Å². The van der Waals surface area contributed by atoms with Crippen molar-refractivity contribution in [3.05, 3.63) is 54.1 Å². The maximum absolute atomic E-state index is 12.8. The molecule has 0 radical (unpaired) electrons. The van der Waals surface area contributed by atoms with E-state index in [0.29, 0.717) is 33.5 Å². The molecule has 34 heavy (non-hydrogen) atoms. The van der Waals surface area contributed by atoms with Gasteiger partial charge in [-0.25, -0.2) is 18.4 Å². The summed E-state index contributed by atoms with van der Waals surface area (Å²) in [5, 5.41) is 17.1. The molecule has 1 aliphatic heterocycles. The summed E-state index contributed by atoms with van der Waals surface area (Å²) in [6, 6.07) is 11.7. The minimum atomic E-state index is -3.82. The first-order valence-electron chi connectivity index (χ1n) is 10.0. The van der Waals surface area contributed by atoms with Crippen molar-refractivity contribution in [2.24, 2.45) is 11.1 Å². The van der Waals surface area contributed by atoms with Crippen LogP contribution in [0.2, 0.25) is 0 Å². The molecule has 9 nitrogen and oxygen atoms in total. The zero-order valence-electron chi connectivity index (χ0n) is 18.0. The van der Waals surface area contributed by atoms with E-state index in [1.165, 1.54) is 62.5 Å². The number of aliphatic carboxylic acids is 1. The molecule has 1 heterocycles. The largest absolute Gasteiger partial charge is 0.480 e. The van der Waals surface area contributed by atoms with Crippen LogP contribution in [0.3, 0.4) is 0 Å². The van der Waals surface area contributed by atoms with Crippen molar-refractivity contribution >= 4 is 66.8 Å².